The van der Waals surface area contributed by atoms with Gasteiger partial charge in [0.05, 0.1) is 38.0 Å². The number of ether oxygens (including phenoxy) is 1. The summed E-state index contributed by atoms with van der Waals surface area (Å²) in [5.41, 5.74) is 0.207. The molecule has 25 heavy (non-hydrogen) atoms. The number of rotatable bonds is 3. The number of nitrogens with zero attached hydrogens (tertiary/aromatic N) is 5. The molecule has 0 amide bonds. The molecule has 1 saturated carbocycles. The third-order valence-electron chi connectivity index (χ3n) is 5.37. The minimum Gasteiger partial charge on any atom is -0.464 e. The van der Waals surface area contributed by atoms with Gasteiger partial charge in [-0.25, -0.2) is 19.7 Å². The molecule has 1 aliphatic carbocycles. The zero-order valence-electron chi connectivity index (χ0n) is 14.0. The van der Waals surface area contributed by atoms with Gasteiger partial charge in [-0.15, -0.1) is 0 Å². The molecule has 0 radical (unpaired) electrons. The number of fused-ring (bicyclic) bond motifs is 1. The third kappa shape index (κ3) is 2.97. The van der Waals surface area contributed by atoms with Gasteiger partial charge in [0.25, 0.3) is 0 Å². The van der Waals surface area contributed by atoms with E-state index in [-0.39, 0.29) is 17.8 Å². The zero-order valence-corrected chi connectivity index (χ0v) is 14.0. The Hall–Kier alpha value is -2.48. The van der Waals surface area contributed by atoms with Gasteiger partial charge < -0.3 is 19.3 Å². The molecule has 1 N–H and O–H groups in total. The van der Waals surface area contributed by atoms with Crippen LogP contribution < -0.4 is 4.90 Å². The number of esters is 1. The molecule has 0 aromatic carbocycles. The van der Waals surface area contributed by atoms with Crippen LogP contribution in [0.5, 0.6) is 0 Å². The minimum atomic E-state index is -0.486. The Labute approximate surface area is 145 Å². The Morgan fingerprint density at radius 3 is 2.68 bits per heavy atom. The monoisotopic (exact) mass is 343 g/mol. The van der Waals surface area contributed by atoms with Crippen molar-refractivity contribution in [3.63, 3.8) is 0 Å². The lowest BCUT2D eigenvalue weighted by Crippen LogP contribution is -2.35. The fraction of sp³-hybridized carbons (Fsp3) is 0.529. The molecule has 4 atom stereocenters. The number of aromatic nitrogens is 4. The van der Waals surface area contributed by atoms with Gasteiger partial charge in [0.2, 0.25) is 0 Å². The van der Waals surface area contributed by atoms with Gasteiger partial charge in [0, 0.05) is 25.5 Å². The second kappa shape index (κ2) is 6.44. The third-order valence-corrected chi connectivity index (χ3v) is 5.37. The van der Waals surface area contributed by atoms with Crippen molar-refractivity contribution >= 4 is 11.8 Å². The standard InChI is InChI=1S/C17H21N5O3/c1-25-17(24)13-6-20-16(7-19-13)22-8-11-4-14(21-3-2-18-10-21)15(23)5-12(11)9-22/h2-3,6-7,10-12,14-15,23H,4-5,8-9H2,1H3/t11-,12+,14-,15-/m1/s1. The second-order valence-corrected chi connectivity index (χ2v) is 6.79. The first-order valence-corrected chi connectivity index (χ1v) is 8.46. The first-order valence-electron chi connectivity index (χ1n) is 8.46. The van der Waals surface area contributed by atoms with Crippen molar-refractivity contribution in [3.8, 4) is 0 Å². The molecule has 8 nitrogen and oxygen atoms in total. The van der Waals surface area contributed by atoms with Crippen LogP contribution in [-0.2, 0) is 4.74 Å². The molecule has 2 aromatic heterocycles. The molecule has 0 spiro atoms. The van der Waals surface area contributed by atoms with Crippen LogP contribution in [0.1, 0.15) is 29.4 Å². The van der Waals surface area contributed by atoms with Crippen LogP contribution >= 0.6 is 0 Å². The van der Waals surface area contributed by atoms with E-state index in [4.69, 9.17) is 0 Å². The van der Waals surface area contributed by atoms with Crippen molar-refractivity contribution in [2.24, 2.45) is 11.8 Å². The van der Waals surface area contributed by atoms with Gasteiger partial charge in [0.15, 0.2) is 5.69 Å². The molecule has 4 rings (SSSR count). The van der Waals surface area contributed by atoms with Gasteiger partial charge in [-0.3, -0.25) is 0 Å². The maximum Gasteiger partial charge on any atom is 0.358 e. The summed E-state index contributed by atoms with van der Waals surface area (Å²) in [6.07, 6.45) is 9.85. The number of hydrogen-bond acceptors (Lipinski definition) is 7. The lowest BCUT2D eigenvalue weighted by molar-refractivity contribution is 0.0358. The molecule has 8 heteroatoms. The average Bonchev–Trinajstić information content (AvgIpc) is 3.29. The van der Waals surface area contributed by atoms with Gasteiger partial charge in [-0.05, 0) is 24.7 Å². The molecule has 0 unspecified atom stereocenters. The van der Waals surface area contributed by atoms with Crippen LogP contribution in [0.25, 0.3) is 0 Å². The summed E-state index contributed by atoms with van der Waals surface area (Å²) >= 11 is 0. The molecule has 2 fully saturated rings. The van der Waals surface area contributed by atoms with Crippen molar-refractivity contribution in [1.82, 2.24) is 19.5 Å². The minimum absolute atomic E-state index is 0.0801. The van der Waals surface area contributed by atoms with Crippen molar-refractivity contribution in [1.29, 1.82) is 0 Å². The highest BCUT2D eigenvalue weighted by Crippen LogP contribution is 2.42. The lowest BCUT2D eigenvalue weighted by atomic mass is 9.77. The number of aliphatic hydroxyl groups excluding tert-OH is 1. The fourth-order valence-electron chi connectivity index (χ4n) is 4.07. The summed E-state index contributed by atoms with van der Waals surface area (Å²) in [6, 6.07) is 0.0801. The van der Waals surface area contributed by atoms with Gasteiger partial charge in [-0.1, -0.05) is 0 Å². The normalized spacial score (nSPS) is 28.6. The summed E-state index contributed by atoms with van der Waals surface area (Å²) in [6.45, 7) is 1.74. The number of hydrogen-bond donors (Lipinski definition) is 1. The smallest absolute Gasteiger partial charge is 0.358 e. The highest BCUT2D eigenvalue weighted by atomic mass is 16.5. The van der Waals surface area contributed by atoms with Crippen LogP contribution in [0.15, 0.2) is 31.1 Å². The van der Waals surface area contributed by atoms with E-state index in [2.05, 4.69) is 24.6 Å². The Morgan fingerprint density at radius 1 is 1.24 bits per heavy atom. The largest absolute Gasteiger partial charge is 0.464 e. The maximum absolute atomic E-state index is 11.5. The quantitative estimate of drug-likeness (QED) is 0.828. The van der Waals surface area contributed by atoms with Crippen molar-refractivity contribution in [3.05, 3.63) is 36.8 Å². The Kier molecular flexibility index (Phi) is 4.12. The number of anilines is 1. The van der Waals surface area contributed by atoms with E-state index in [9.17, 15) is 9.90 Å². The molecule has 1 saturated heterocycles. The van der Waals surface area contributed by atoms with Gasteiger partial charge in [0.1, 0.15) is 5.82 Å². The van der Waals surface area contributed by atoms with E-state index < -0.39 is 5.97 Å². The van der Waals surface area contributed by atoms with Crippen LogP contribution in [0.4, 0.5) is 5.82 Å². The van der Waals surface area contributed by atoms with E-state index in [1.54, 1.807) is 18.7 Å². The van der Waals surface area contributed by atoms with Crippen LogP contribution in [0.3, 0.4) is 0 Å². The fourth-order valence-corrected chi connectivity index (χ4v) is 4.07. The van der Waals surface area contributed by atoms with E-state index >= 15 is 0 Å². The second-order valence-electron chi connectivity index (χ2n) is 6.79. The summed E-state index contributed by atoms with van der Waals surface area (Å²) < 4.78 is 6.66. The molecule has 132 valence electrons. The first kappa shape index (κ1) is 16.0. The van der Waals surface area contributed by atoms with Crippen molar-refractivity contribution in [2.45, 2.75) is 25.0 Å². The molecule has 3 heterocycles. The van der Waals surface area contributed by atoms with Crippen molar-refractivity contribution in [2.75, 3.05) is 25.1 Å². The molecular weight excluding hydrogens is 322 g/mol. The average molecular weight is 343 g/mol. The molecule has 2 aromatic rings. The number of aliphatic hydroxyl groups is 1. The highest BCUT2D eigenvalue weighted by Gasteiger charge is 2.42. The zero-order chi connectivity index (χ0) is 17.4. The van der Waals surface area contributed by atoms with E-state index in [1.807, 2.05) is 10.8 Å². The maximum atomic E-state index is 11.5. The summed E-state index contributed by atoms with van der Waals surface area (Å²) in [7, 11) is 1.32. The number of methoxy groups -OCH3 is 1. The molecule has 2 aliphatic rings. The summed E-state index contributed by atoms with van der Waals surface area (Å²) in [5.74, 6) is 1.21. The van der Waals surface area contributed by atoms with Crippen LogP contribution in [0.2, 0.25) is 0 Å². The number of imidazole rings is 1. The van der Waals surface area contributed by atoms with Crippen molar-refractivity contribution < 1.29 is 14.6 Å². The highest BCUT2D eigenvalue weighted by molar-refractivity contribution is 5.86. The van der Waals surface area contributed by atoms with Crippen LogP contribution in [-0.4, -0.2) is 56.9 Å². The van der Waals surface area contributed by atoms with Gasteiger partial charge in [-0.2, -0.15) is 0 Å². The molecule has 0 bridgehead atoms. The Morgan fingerprint density at radius 2 is 2.04 bits per heavy atom. The van der Waals surface area contributed by atoms with E-state index in [1.165, 1.54) is 13.3 Å². The Balaban J connectivity index is 1.47. The Bertz CT molecular complexity index is 733. The first-order chi connectivity index (χ1) is 12.2. The van der Waals surface area contributed by atoms with E-state index in [0.717, 1.165) is 31.7 Å². The number of carbonyl (C=O) groups excluding carboxylic acids is 1. The summed E-state index contributed by atoms with van der Waals surface area (Å²) in [4.78, 5) is 26.2. The van der Waals surface area contributed by atoms with Gasteiger partial charge >= 0.3 is 5.97 Å². The molecular formula is C17H21N5O3. The molecule has 1 aliphatic heterocycles. The number of carbonyl (C=O) groups is 1. The predicted octanol–water partition coefficient (Wildman–Crippen LogP) is 0.908. The van der Waals surface area contributed by atoms with Crippen LogP contribution in [0, 0.1) is 11.8 Å². The lowest BCUT2D eigenvalue weighted by Gasteiger charge is -2.35. The SMILES string of the molecule is COC(=O)c1cnc(N2C[C@H]3C[C@@H](n4ccnc4)[C@H](O)C[C@H]3C2)cn1. The van der Waals surface area contributed by atoms with E-state index in [0.29, 0.717) is 11.8 Å². The summed E-state index contributed by atoms with van der Waals surface area (Å²) in [5, 5.41) is 10.5. The predicted molar refractivity (Wildman–Crippen MR) is 89.1 cm³/mol. The topological polar surface area (TPSA) is 93.4 Å².